The number of halogens is 2. The number of benzene rings is 1. The SMILES string of the molecule is CCOC(=O)CC1=C(C(=O)OCC)[C@@H](c2c(Cl)cccc2Cl)C(C#N)=C(N)O1. The number of hydrogen-bond acceptors (Lipinski definition) is 7. The first-order chi connectivity index (χ1) is 13.3. The van der Waals surface area contributed by atoms with E-state index in [4.69, 9.17) is 43.1 Å². The molecule has 0 saturated heterocycles. The van der Waals surface area contributed by atoms with E-state index in [0.717, 1.165) is 0 Å². The molecule has 148 valence electrons. The van der Waals surface area contributed by atoms with Gasteiger partial charge in [-0.1, -0.05) is 29.3 Å². The van der Waals surface area contributed by atoms with Gasteiger partial charge in [-0.15, -0.1) is 0 Å². The molecule has 0 spiro atoms. The quantitative estimate of drug-likeness (QED) is 0.694. The number of rotatable bonds is 6. The van der Waals surface area contributed by atoms with Crippen molar-refractivity contribution in [2.75, 3.05) is 13.2 Å². The molecule has 0 aliphatic carbocycles. The molecule has 1 aromatic rings. The second-order valence-corrected chi connectivity index (χ2v) is 6.41. The average Bonchev–Trinajstić information content (AvgIpc) is 2.62. The maximum Gasteiger partial charge on any atom is 0.338 e. The van der Waals surface area contributed by atoms with Gasteiger partial charge < -0.3 is 19.9 Å². The minimum Gasteiger partial charge on any atom is -0.466 e. The number of nitriles is 1. The van der Waals surface area contributed by atoms with E-state index in [0.29, 0.717) is 0 Å². The van der Waals surface area contributed by atoms with Crippen molar-refractivity contribution in [3.8, 4) is 6.07 Å². The molecular weight excluding hydrogens is 407 g/mol. The van der Waals surface area contributed by atoms with Crippen LogP contribution in [0.1, 0.15) is 31.7 Å². The van der Waals surface area contributed by atoms with Crippen molar-refractivity contribution in [2.45, 2.75) is 26.2 Å². The number of allylic oxidation sites excluding steroid dienone is 1. The van der Waals surface area contributed by atoms with Crippen LogP contribution in [0.3, 0.4) is 0 Å². The van der Waals surface area contributed by atoms with E-state index in [1.807, 2.05) is 6.07 Å². The van der Waals surface area contributed by atoms with E-state index >= 15 is 0 Å². The summed E-state index contributed by atoms with van der Waals surface area (Å²) >= 11 is 12.6. The molecule has 0 unspecified atom stereocenters. The zero-order chi connectivity index (χ0) is 20.8. The molecule has 28 heavy (non-hydrogen) atoms. The molecule has 1 aliphatic heterocycles. The topological polar surface area (TPSA) is 112 Å². The van der Waals surface area contributed by atoms with E-state index in [2.05, 4.69) is 0 Å². The lowest BCUT2D eigenvalue weighted by atomic mass is 9.82. The summed E-state index contributed by atoms with van der Waals surface area (Å²) < 4.78 is 15.5. The van der Waals surface area contributed by atoms with Crippen LogP contribution in [-0.4, -0.2) is 25.2 Å². The van der Waals surface area contributed by atoms with Gasteiger partial charge in [0, 0.05) is 15.6 Å². The maximum absolute atomic E-state index is 12.8. The number of carbonyl (C=O) groups excluding carboxylic acids is 2. The largest absolute Gasteiger partial charge is 0.466 e. The molecule has 0 aromatic heterocycles. The third kappa shape index (κ3) is 4.41. The van der Waals surface area contributed by atoms with Crippen molar-refractivity contribution < 1.29 is 23.8 Å². The second-order valence-electron chi connectivity index (χ2n) is 5.60. The number of hydrogen-bond donors (Lipinski definition) is 1. The van der Waals surface area contributed by atoms with Crippen LogP contribution >= 0.6 is 23.2 Å². The van der Waals surface area contributed by atoms with Gasteiger partial charge in [0.05, 0.1) is 24.7 Å². The van der Waals surface area contributed by atoms with E-state index in [1.165, 1.54) is 0 Å². The number of ether oxygens (including phenoxy) is 3. The normalized spacial score (nSPS) is 16.3. The highest BCUT2D eigenvalue weighted by molar-refractivity contribution is 6.36. The van der Waals surface area contributed by atoms with Crippen LogP contribution in [0.25, 0.3) is 0 Å². The first-order valence-corrected chi connectivity index (χ1v) is 9.18. The molecule has 0 saturated carbocycles. The van der Waals surface area contributed by atoms with Crippen molar-refractivity contribution >= 4 is 35.1 Å². The Labute approximate surface area is 172 Å². The summed E-state index contributed by atoms with van der Waals surface area (Å²) in [6.45, 7) is 3.49. The zero-order valence-electron chi connectivity index (χ0n) is 15.3. The van der Waals surface area contributed by atoms with Gasteiger partial charge in [-0.2, -0.15) is 5.26 Å². The fourth-order valence-corrected chi connectivity index (χ4v) is 3.42. The Bertz CT molecular complexity index is 882. The Hall–Kier alpha value is -2.69. The van der Waals surface area contributed by atoms with Gasteiger partial charge in [0.15, 0.2) is 0 Å². The predicted octanol–water partition coefficient (Wildman–Crippen LogP) is 3.57. The van der Waals surface area contributed by atoms with Crippen LogP contribution in [0.2, 0.25) is 10.0 Å². The minimum absolute atomic E-state index is 0.0642. The number of carbonyl (C=O) groups is 2. The molecule has 7 nitrogen and oxygen atoms in total. The Balaban J connectivity index is 2.73. The number of nitrogens with zero attached hydrogens (tertiary/aromatic N) is 1. The van der Waals surface area contributed by atoms with Crippen LogP contribution < -0.4 is 5.73 Å². The third-order valence-electron chi connectivity index (χ3n) is 3.89. The molecule has 0 radical (unpaired) electrons. The van der Waals surface area contributed by atoms with Crippen molar-refractivity contribution in [3.05, 3.63) is 56.6 Å². The van der Waals surface area contributed by atoms with Crippen molar-refractivity contribution in [2.24, 2.45) is 5.73 Å². The van der Waals surface area contributed by atoms with Gasteiger partial charge in [-0.25, -0.2) is 4.79 Å². The smallest absolute Gasteiger partial charge is 0.338 e. The summed E-state index contributed by atoms with van der Waals surface area (Å²) in [7, 11) is 0. The fourth-order valence-electron chi connectivity index (χ4n) is 2.80. The van der Waals surface area contributed by atoms with E-state index in [1.54, 1.807) is 32.0 Å². The molecule has 2 N–H and O–H groups in total. The summed E-state index contributed by atoms with van der Waals surface area (Å²) in [5.74, 6) is -2.78. The Morgan fingerprint density at radius 3 is 2.36 bits per heavy atom. The van der Waals surface area contributed by atoms with E-state index < -0.39 is 17.9 Å². The molecule has 0 fully saturated rings. The maximum atomic E-state index is 12.8. The lowest BCUT2D eigenvalue weighted by Gasteiger charge is -2.28. The van der Waals surface area contributed by atoms with Crippen LogP contribution in [-0.2, 0) is 23.8 Å². The van der Waals surface area contributed by atoms with Crippen molar-refractivity contribution in [1.29, 1.82) is 5.26 Å². The molecule has 9 heteroatoms. The molecule has 2 rings (SSSR count). The molecule has 1 aromatic carbocycles. The van der Waals surface area contributed by atoms with Gasteiger partial charge in [-0.05, 0) is 26.0 Å². The van der Waals surface area contributed by atoms with Gasteiger partial charge >= 0.3 is 11.9 Å². The molecular formula is C19H18Cl2N2O5. The first kappa shape index (κ1) is 21.6. The van der Waals surface area contributed by atoms with Gasteiger partial charge in [-0.3, -0.25) is 4.79 Å². The molecule has 0 amide bonds. The highest BCUT2D eigenvalue weighted by Crippen LogP contribution is 2.45. The summed E-state index contributed by atoms with van der Waals surface area (Å²) in [5.41, 5.74) is 6.06. The minimum atomic E-state index is -1.05. The predicted molar refractivity (Wildman–Crippen MR) is 102 cm³/mol. The fraction of sp³-hybridized carbons (Fsp3) is 0.316. The summed E-state index contributed by atoms with van der Waals surface area (Å²) in [4.78, 5) is 24.8. The molecule has 1 heterocycles. The Kier molecular flexibility index (Phi) is 7.32. The van der Waals surface area contributed by atoms with Gasteiger partial charge in [0.1, 0.15) is 23.8 Å². The highest BCUT2D eigenvalue weighted by Gasteiger charge is 2.40. The van der Waals surface area contributed by atoms with Gasteiger partial charge in [0.2, 0.25) is 5.88 Å². The van der Waals surface area contributed by atoms with Crippen LogP contribution in [0, 0.1) is 11.3 Å². The Morgan fingerprint density at radius 2 is 1.82 bits per heavy atom. The van der Waals surface area contributed by atoms with Crippen LogP contribution in [0.4, 0.5) is 0 Å². The molecule has 1 atom stereocenters. The average molecular weight is 425 g/mol. The van der Waals surface area contributed by atoms with Gasteiger partial charge in [0.25, 0.3) is 0 Å². The van der Waals surface area contributed by atoms with Crippen molar-refractivity contribution in [1.82, 2.24) is 0 Å². The van der Waals surface area contributed by atoms with Crippen LogP contribution in [0.5, 0.6) is 0 Å². The standard InChI is InChI=1S/C19H18Cl2N2O5/c1-3-26-14(24)8-13-17(19(25)27-4-2)15(10(9-22)18(23)28-13)16-11(20)6-5-7-12(16)21/h5-7,15H,3-4,8,23H2,1-2H3/t15-/m1/s1. The monoisotopic (exact) mass is 424 g/mol. The Morgan fingerprint density at radius 1 is 1.21 bits per heavy atom. The molecule has 1 aliphatic rings. The number of nitrogens with two attached hydrogens (primary N) is 1. The lowest BCUT2D eigenvalue weighted by Crippen LogP contribution is -2.27. The van der Waals surface area contributed by atoms with Crippen LogP contribution in [0.15, 0.2) is 41.0 Å². The zero-order valence-corrected chi connectivity index (χ0v) is 16.8. The second kappa shape index (κ2) is 9.49. The van der Waals surface area contributed by atoms with E-state index in [9.17, 15) is 14.9 Å². The highest BCUT2D eigenvalue weighted by atomic mass is 35.5. The van der Waals surface area contributed by atoms with Crippen molar-refractivity contribution in [3.63, 3.8) is 0 Å². The van der Waals surface area contributed by atoms with E-state index in [-0.39, 0.29) is 58.0 Å². The third-order valence-corrected chi connectivity index (χ3v) is 4.55. The summed E-state index contributed by atoms with van der Waals surface area (Å²) in [6.07, 6.45) is -0.375. The lowest BCUT2D eigenvalue weighted by molar-refractivity contribution is -0.143. The first-order valence-electron chi connectivity index (χ1n) is 8.42. The summed E-state index contributed by atoms with van der Waals surface area (Å²) in [6, 6.07) is 6.70. The summed E-state index contributed by atoms with van der Waals surface area (Å²) in [5, 5.41) is 10.1. The molecule has 0 bridgehead atoms. The number of esters is 2.